The Morgan fingerprint density at radius 3 is 2.78 bits per heavy atom. The molecule has 0 radical (unpaired) electrons. The topological polar surface area (TPSA) is 68.1 Å². The molecule has 0 bridgehead atoms. The first-order chi connectivity index (χ1) is 8.78. The highest BCUT2D eigenvalue weighted by molar-refractivity contribution is 7.21. The van der Waals surface area contributed by atoms with E-state index in [1.807, 2.05) is 6.07 Å². The molecule has 1 N–H and O–H groups in total. The zero-order chi connectivity index (χ0) is 12.5. The number of ether oxygens (including phenoxy) is 1. The van der Waals surface area contributed by atoms with Crippen molar-refractivity contribution in [3.05, 3.63) is 30.6 Å². The van der Waals surface area contributed by atoms with Gasteiger partial charge in [0, 0.05) is 18.0 Å². The van der Waals surface area contributed by atoms with Crippen molar-refractivity contribution in [3.63, 3.8) is 0 Å². The van der Waals surface area contributed by atoms with E-state index in [1.165, 1.54) is 18.4 Å². The van der Waals surface area contributed by atoms with Gasteiger partial charge in [0.15, 0.2) is 22.0 Å². The number of nitrogens with zero attached hydrogens (tertiary/aromatic N) is 3. The summed E-state index contributed by atoms with van der Waals surface area (Å²) in [5.74, 6) is 0.534. The van der Waals surface area contributed by atoms with E-state index in [2.05, 4.69) is 15.0 Å². The summed E-state index contributed by atoms with van der Waals surface area (Å²) in [5, 5.41) is 10.5. The predicted molar refractivity (Wildman–Crippen MR) is 68.9 cm³/mol. The molecule has 2 heterocycles. The average Bonchev–Trinajstić information content (AvgIpc) is 2.82. The van der Waals surface area contributed by atoms with Crippen LogP contribution in [0, 0.1) is 0 Å². The van der Waals surface area contributed by atoms with Gasteiger partial charge in [0.05, 0.1) is 7.11 Å². The van der Waals surface area contributed by atoms with Crippen molar-refractivity contribution in [3.8, 4) is 22.1 Å². The van der Waals surface area contributed by atoms with Crippen LogP contribution in [-0.2, 0) is 0 Å². The number of phenolic OH excluding ortho intramolecular Hbond substituents is 1. The Bertz CT molecular complexity index is 678. The molecule has 0 fully saturated rings. The van der Waals surface area contributed by atoms with Gasteiger partial charge in [-0.3, -0.25) is 0 Å². The molecule has 6 heteroatoms. The van der Waals surface area contributed by atoms with E-state index in [4.69, 9.17) is 4.74 Å². The molecule has 2 aromatic heterocycles. The van der Waals surface area contributed by atoms with E-state index >= 15 is 0 Å². The number of hydrogen-bond donors (Lipinski definition) is 1. The van der Waals surface area contributed by atoms with Crippen LogP contribution in [0.4, 0.5) is 0 Å². The maximum atomic E-state index is 9.75. The van der Waals surface area contributed by atoms with Gasteiger partial charge in [0.1, 0.15) is 5.01 Å². The third-order valence-electron chi connectivity index (χ3n) is 2.47. The highest BCUT2D eigenvalue weighted by Gasteiger charge is 2.10. The molecule has 0 aliphatic carbocycles. The molecule has 0 amide bonds. The first kappa shape index (κ1) is 10.9. The number of fused-ring (bicyclic) bond motifs is 1. The van der Waals surface area contributed by atoms with Gasteiger partial charge in [-0.05, 0) is 18.2 Å². The summed E-state index contributed by atoms with van der Waals surface area (Å²) in [5.41, 5.74) is 1.44. The number of hydrogen-bond acceptors (Lipinski definition) is 6. The fourth-order valence-corrected chi connectivity index (χ4v) is 2.49. The monoisotopic (exact) mass is 259 g/mol. The number of methoxy groups -OCH3 is 1. The van der Waals surface area contributed by atoms with Gasteiger partial charge in [-0.1, -0.05) is 11.3 Å². The number of aromatic nitrogens is 3. The molecule has 18 heavy (non-hydrogen) atoms. The molecule has 3 aromatic rings. The van der Waals surface area contributed by atoms with Gasteiger partial charge in [-0.15, -0.1) is 0 Å². The summed E-state index contributed by atoms with van der Waals surface area (Å²) in [6, 6.07) is 5.17. The lowest BCUT2D eigenvalue weighted by atomic mass is 10.2. The van der Waals surface area contributed by atoms with Crippen molar-refractivity contribution in [1.29, 1.82) is 0 Å². The summed E-state index contributed by atoms with van der Waals surface area (Å²) in [6.07, 6.45) is 3.24. The van der Waals surface area contributed by atoms with E-state index < -0.39 is 0 Å². The van der Waals surface area contributed by atoms with E-state index in [0.29, 0.717) is 11.4 Å². The molecule has 3 rings (SSSR count). The summed E-state index contributed by atoms with van der Waals surface area (Å²) < 4.78 is 5.00. The Morgan fingerprint density at radius 2 is 2.06 bits per heavy atom. The SMILES string of the molecule is COc1ccc(-c2nc3nccnc3s2)cc1O. The normalized spacial score (nSPS) is 10.7. The van der Waals surface area contributed by atoms with E-state index in [0.717, 1.165) is 15.4 Å². The largest absolute Gasteiger partial charge is 0.504 e. The second-order valence-electron chi connectivity index (χ2n) is 3.59. The molecular formula is C12H9N3O2S. The van der Waals surface area contributed by atoms with Crippen molar-refractivity contribution < 1.29 is 9.84 Å². The minimum atomic E-state index is 0.0928. The van der Waals surface area contributed by atoms with E-state index in [-0.39, 0.29) is 5.75 Å². The summed E-state index contributed by atoms with van der Waals surface area (Å²) >= 11 is 1.44. The third kappa shape index (κ3) is 1.76. The molecule has 0 spiro atoms. The number of rotatable bonds is 2. The second-order valence-corrected chi connectivity index (χ2v) is 4.57. The minimum Gasteiger partial charge on any atom is -0.504 e. The van der Waals surface area contributed by atoms with E-state index in [1.54, 1.807) is 24.5 Å². The van der Waals surface area contributed by atoms with Gasteiger partial charge in [0.2, 0.25) is 0 Å². The van der Waals surface area contributed by atoms with Crippen LogP contribution in [0.1, 0.15) is 0 Å². The summed E-state index contributed by atoms with van der Waals surface area (Å²) in [6.45, 7) is 0. The standard InChI is InChI=1S/C12H9N3O2S/c1-17-9-3-2-7(6-8(9)16)11-15-10-12(18-11)14-5-4-13-10/h2-6,16H,1H3. The van der Waals surface area contributed by atoms with Crippen molar-refractivity contribution in [2.24, 2.45) is 0 Å². The van der Waals surface area contributed by atoms with Crippen LogP contribution >= 0.6 is 11.3 Å². The van der Waals surface area contributed by atoms with Crippen LogP contribution < -0.4 is 4.74 Å². The molecule has 0 saturated carbocycles. The van der Waals surface area contributed by atoms with Crippen LogP contribution in [0.2, 0.25) is 0 Å². The Hall–Kier alpha value is -2.21. The van der Waals surface area contributed by atoms with Crippen molar-refractivity contribution in [2.45, 2.75) is 0 Å². The predicted octanol–water partition coefficient (Wildman–Crippen LogP) is 2.47. The Balaban J connectivity index is 2.11. The van der Waals surface area contributed by atoms with Crippen LogP contribution in [0.25, 0.3) is 21.0 Å². The van der Waals surface area contributed by atoms with Gasteiger partial charge < -0.3 is 9.84 Å². The second kappa shape index (κ2) is 4.23. The highest BCUT2D eigenvalue weighted by Crippen LogP contribution is 2.34. The third-order valence-corrected chi connectivity index (χ3v) is 3.47. The molecule has 0 unspecified atom stereocenters. The average molecular weight is 259 g/mol. The summed E-state index contributed by atoms with van der Waals surface area (Å²) in [7, 11) is 1.51. The number of benzene rings is 1. The number of phenols is 1. The van der Waals surface area contributed by atoms with Gasteiger partial charge in [-0.25, -0.2) is 15.0 Å². The number of aromatic hydroxyl groups is 1. The zero-order valence-corrected chi connectivity index (χ0v) is 10.3. The maximum absolute atomic E-state index is 9.75. The molecule has 0 aliphatic heterocycles. The molecule has 0 saturated heterocycles. The maximum Gasteiger partial charge on any atom is 0.190 e. The molecule has 0 aliphatic rings. The molecular weight excluding hydrogens is 250 g/mol. The van der Waals surface area contributed by atoms with Crippen molar-refractivity contribution >= 4 is 21.8 Å². The zero-order valence-electron chi connectivity index (χ0n) is 9.49. The lowest BCUT2D eigenvalue weighted by Gasteiger charge is -2.03. The van der Waals surface area contributed by atoms with E-state index in [9.17, 15) is 5.11 Å². The summed E-state index contributed by atoms with van der Waals surface area (Å²) in [4.78, 5) is 13.5. The van der Waals surface area contributed by atoms with Gasteiger partial charge in [-0.2, -0.15) is 0 Å². The Kier molecular flexibility index (Phi) is 2.56. The van der Waals surface area contributed by atoms with Crippen LogP contribution in [0.15, 0.2) is 30.6 Å². The van der Waals surface area contributed by atoms with Crippen molar-refractivity contribution in [1.82, 2.24) is 15.0 Å². The van der Waals surface area contributed by atoms with Gasteiger partial charge >= 0.3 is 0 Å². The Labute approximate surface area is 107 Å². The lowest BCUT2D eigenvalue weighted by molar-refractivity contribution is 0.373. The fraction of sp³-hybridized carbons (Fsp3) is 0.0833. The molecule has 5 nitrogen and oxygen atoms in total. The van der Waals surface area contributed by atoms with Crippen LogP contribution in [0.3, 0.4) is 0 Å². The molecule has 1 aromatic carbocycles. The molecule has 0 atom stereocenters. The first-order valence-electron chi connectivity index (χ1n) is 5.23. The Morgan fingerprint density at radius 1 is 1.22 bits per heavy atom. The lowest BCUT2D eigenvalue weighted by Crippen LogP contribution is -1.84. The first-order valence-corrected chi connectivity index (χ1v) is 6.04. The highest BCUT2D eigenvalue weighted by atomic mass is 32.1. The molecule has 90 valence electrons. The quantitative estimate of drug-likeness (QED) is 0.765. The minimum absolute atomic E-state index is 0.0928. The fourth-order valence-electron chi connectivity index (χ4n) is 1.62. The van der Waals surface area contributed by atoms with Gasteiger partial charge in [0.25, 0.3) is 0 Å². The van der Waals surface area contributed by atoms with Crippen LogP contribution in [-0.4, -0.2) is 27.2 Å². The van der Waals surface area contributed by atoms with Crippen molar-refractivity contribution in [2.75, 3.05) is 7.11 Å². The van der Waals surface area contributed by atoms with Crippen LogP contribution in [0.5, 0.6) is 11.5 Å². The number of thiazole rings is 1. The smallest absolute Gasteiger partial charge is 0.190 e.